The molecule has 0 aliphatic rings. The standard InChI is InChI=1S/C14H18ClN3/c1-10-9-11(15)3-5-13(10)14(16)6-4-12-7-8-17-18(12)2/h3,5,7-9,14H,4,6,16H2,1-2H3. The van der Waals surface area contributed by atoms with Crippen LogP contribution in [-0.4, -0.2) is 9.78 Å². The average molecular weight is 264 g/mol. The number of nitrogens with zero attached hydrogens (tertiary/aromatic N) is 2. The van der Waals surface area contributed by atoms with Crippen LogP contribution < -0.4 is 5.73 Å². The topological polar surface area (TPSA) is 43.8 Å². The molecule has 1 heterocycles. The van der Waals surface area contributed by atoms with Gasteiger partial charge in [-0.2, -0.15) is 5.10 Å². The molecule has 0 saturated carbocycles. The third-order valence-corrected chi connectivity index (χ3v) is 3.50. The largest absolute Gasteiger partial charge is 0.324 e. The van der Waals surface area contributed by atoms with Gasteiger partial charge in [0.05, 0.1) is 0 Å². The summed E-state index contributed by atoms with van der Waals surface area (Å²) in [6, 6.07) is 7.94. The molecule has 1 aromatic heterocycles. The first-order chi connectivity index (χ1) is 8.58. The molecule has 1 aromatic carbocycles. The molecule has 96 valence electrons. The Bertz CT molecular complexity index is 534. The van der Waals surface area contributed by atoms with Crippen molar-refractivity contribution >= 4 is 11.6 Å². The predicted octanol–water partition coefficient (Wildman–Crippen LogP) is 3.01. The molecule has 0 spiro atoms. The molecule has 0 aliphatic carbocycles. The highest BCUT2D eigenvalue weighted by atomic mass is 35.5. The lowest BCUT2D eigenvalue weighted by Crippen LogP contribution is -2.13. The van der Waals surface area contributed by atoms with E-state index in [-0.39, 0.29) is 6.04 Å². The summed E-state index contributed by atoms with van der Waals surface area (Å²) in [7, 11) is 1.95. The van der Waals surface area contributed by atoms with E-state index in [0.29, 0.717) is 0 Å². The van der Waals surface area contributed by atoms with Crippen LogP contribution in [0, 0.1) is 6.92 Å². The van der Waals surface area contributed by atoms with Gasteiger partial charge in [-0.1, -0.05) is 17.7 Å². The van der Waals surface area contributed by atoms with Gasteiger partial charge in [0.1, 0.15) is 0 Å². The predicted molar refractivity (Wildman–Crippen MR) is 74.6 cm³/mol. The first-order valence-corrected chi connectivity index (χ1v) is 6.44. The number of hydrogen-bond donors (Lipinski definition) is 1. The number of halogens is 1. The lowest BCUT2D eigenvalue weighted by molar-refractivity contribution is 0.612. The summed E-state index contributed by atoms with van der Waals surface area (Å²) in [4.78, 5) is 0. The minimum atomic E-state index is 0.0390. The molecule has 0 radical (unpaired) electrons. The van der Waals surface area contributed by atoms with Crippen molar-refractivity contribution in [3.8, 4) is 0 Å². The zero-order valence-corrected chi connectivity index (χ0v) is 11.5. The molecule has 3 nitrogen and oxygen atoms in total. The normalized spacial score (nSPS) is 12.7. The van der Waals surface area contributed by atoms with Crippen molar-refractivity contribution < 1.29 is 0 Å². The van der Waals surface area contributed by atoms with Gasteiger partial charge in [-0.3, -0.25) is 4.68 Å². The maximum Gasteiger partial charge on any atom is 0.0492 e. The van der Waals surface area contributed by atoms with E-state index in [2.05, 4.69) is 5.10 Å². The lowest BCUT2D eigenvalue weighted by Gasteiger charge is -2.15. The van der Waals surface area contributed by atoms with E-state index >= 15 is 0 Å². The van der Waals surface area contributed by atoms with Crippen molar-refractivity contribution in [3.63, 3.8) is 0 Å². The summed E-state index contributed by atoms with van der Waals surface area (Å²) < 4.78 is 1.89. The van der Waals surface area contributed by atoms with Crippen LogP contribution in [0.25, 0.3) is 0 Å². The molecule has 0 fully saturated rings. The third-order valence-electron chi connectivity index (χ3n) is 3.27. The van der Waals surface area contributed by atoms with Gasteiger partial charge in [0.25, 0.3) is 0 Å². The second-order valence-corrected chi connectivity index (χ2v) is 5.03. The van der Waals surface area contributed by atoms with E-state index in [1.807, 2.05) is 49.1 Å². The summed E-state index contributed by atoms with van der Waals surface area (Å²) in [5.41, 5.74) is 9.77. The quantitative estimate of drug-likeness (QED) is 0.922. The number of nitrogens with two attached hydrogens (primary N) is 1. The Hall–Kier alpha value is -1.32. The Kier molecular flexibility index (Phi) is 4.04. The molecule has 1 unspecified atom stereocenters. The molecule has 0 amide bonds. The van der Waals surface area contributed by atoms with Crippen LogP contribution in [0.2, 0.25) is 5.02 Å². The van der Waals surface area contributed by atoms with E-state index < -0.39 is 0 Å². The molecule has 0 bridgehead atoms. The van der Waals surface area contributed by atoms with Crippen molar-refractivity contribution in [2.24, 2.45) is 12.8 Å². The van der Waals surface area contributed by atoms with Gasteiger partial charge in [0, 0.05) is 30.0 Å². The van der Waals surface area contributed by atoms with Gasteiger partial charge in [0.2, 0.25) is 0 Å². The highest BCUT2D eigenvalue weighted by Gasteiger charge is 2.10. The fraction of sp³-hybridized carbons (Fsp3) is 0.357. The SMILES string of the molecule is Cc1cc(Cl)ccc1C(N)CCc1ccnn1C. The number of aromatic nitrogens is 2. The Morgan fingerprint density at radius 1 is 1.39 bits per heavy atom. The smallest absolute Gasteiger partial charge is 0.0492 e. The van der Waals surface area contributed by atoms with Crippen LogP contribution in [0.5, 0.6) is 0 Å². The maximum absolute atomic E-state index is 6.24. The van der Waals surface area contributed by atoms with Gasteiger partial charge in [-0.15, -0.1) is 0 Å². The fourth-order valence-corrected chi connectivity index (χ4v) is 2.39. The molecule has 2 N–H and O–H groups in total. The van der Waals surface area contributed by atoms with Crippen LogP contribution in [-0.2, 0) is 13.5 Å². The van der Waals surface area contributed by atoms with Gasteiger partial charge in [-0.05, 0) is 49.1 Å². The molecule has 18 heavy (non-hydrogen) atoms. The summed E-state index contributed by atoms with van der Waals surface area (Å²) in [6.07, 6.45) is 3.65. The molecular weight excluding hydrogens is 246 g/mol. The number of hydrogen-bond acceptors (Lipinski definition) is 2. The Balaban J connectivity index is 2.03. The molecule has 4 heteroatoms. The van der Waals surface area contributed by atoms with Crippen LogP contribution in [0.3, 0.4) is 0 Å². The third kappa shape index (κ3) is 2.92. The van der Waals surface area contributed by atoms with Gasteiger partial charge in [-0.25, -0.2) is 0 Å². The second-order valence-electron chi connectivity index (χ2n) is 4.59. The van der Waals surface area contributed by atoms with E-state index in [1.165, 1.54) is 11.3 Å². The molecular formula is C14H18ClN3. The number of aryl methyl sites for hydroxylation is 3. The van der Waals surface area contributed by atoms with Gasteiger partial charge >= 0.3 is 0 Å². The highest BCUT2D eigenvalue weighted by molar-refractivity contribution is 6.30. The fourth-order valence-electron chi connectivity index (χ4n) is 2.16. The Labute approximate surface area is 113 Å². The highest BCUT2D eigenvalue weighted by Crippen LogP contribution is 2.23. The second kappa shape index (κ2) is 5.55. The van der Waals surface area contributed by atoms with Crippen molar-refractivity contribution in [2.45, 2.75) is 25.8 Å². The van der Waals surface area contributed by atoms with Crippen molar-refractivity contribution in [1.82, 2.24) is 9.78 Å². The zero-order chi connectivity index (χ0) is 13.1. The average Bonchev–Trinajstić information content (AvgIpc) is 2.72. The van der Waals surface area contributed by atoms with E-state index in [4.69, 9.17) is 17.3 Å². The van der Waals surface area contributed by atoms with Gasteiger partial charge in [0.15, 0.2) is 0 Å². The molecule has 1 atom stereocenters. The zero-order valence-electron chi connectivity index (χ0n) is 10.7. The van der Waals surface area contributed by atoms with E-state index in [1.54, 1.807) is 0 Å². The van der Waals surface area contributed by atoms with E-state index in [0.717, 1.165) is 23.4 Å². The van der Waals surface area contributed by atoms with Crippen LogP contribution in [0.15, 0.2) is 30.5 Å². The van der Waals surface area contributed by atoms with Crippen LogP contribution in [0.1, 0.15) is 29.3 Å². The van der Waals surface area contributed by atoms with Crippen LogP contribution >= 0.6 is 11.6 Å². The van der Waals surface area contributed by atoms with Crippen molar-refractivity contribution in [1.29, 1.82) is 0 Å². The Morgan fingerprint density at radius 2 is 2.17 bits per heavy atom. The Morgan fingerprint density at radius 3 is 2.78 bits per heavy atom. The first kappa shape index (κ1) is 13.1. The minimum Gasteiger partial charge on any atom is -0.324 e. The number of rotatable bonds is 4. The molecule has 0 aliphatic heterocycles. The first-order valence-electron chi connectivity index (χ1n) is 6.06. The minimum absolute atomic E-state index is 0.0390. The maximum atomic E-state index is 6.24. The summed E-state index contributed by atoms with van der Waals surface area (Å²) in [5.74, 6) is 0. The summed E-state index contributed by atoms with van der Waals surface area (Å²) in [5, 5.41) is 4.91. The summed E-state index contributed by atoms with van der Waals surface area (Å²) >= 11 is 5.95. The number of benzene rings is 1. The molecule has 0 saturated heterocycles. The van der Waals surface area contributed by atoms with Crippen molar-refractivity contribution in [2.75, 3.05) is 0 Å². The lowest BCUT2D eigenvalue weighted by atomic mass is 9.98. The molecule has 2 aromatic rings. The van der Waals surface area contributed by atoms with Crippen LogP contribution in [0.4, 0.5) is 0 Å². The van der Waals surface area contributed by atoms with Gasteiger partial charge < -0.3 is 5.73 Å². The monoisotopic (exact) mass is 263 g/mol. The van der Waals surface area contributed by atoms with Crippen molar-refractivity contribution in [3.05, 3.63) is 52.3 Å². The molecule has 2 rings (SSSR count). The van der Waals surface area contributed by atoms with E-state index in [9.17, 15) is 0 Å². The summed E-state index contributed by atoms with van der Waals surface area (Å²) in [6.45, 7) is 2.05.